The number of amides is 1. The van der Waals surface area contributed by atoms with Gasteiger partial charge in [0.25, 0.3) is 5.91 Å². The minimum atomic E-state index is -1.14. The van der Waals surface area contributed by atoms with Crippen molar-refractivity contribution in [2.24, 2.45) is 0 Å². The molecule has 2 aromatic rings. The molecule has 1 heterocycles. The van der Waals surface area contributed by atoms with Crippen molar-refractivity contribution in [2.75, 3.05) is 0 Å². The number of H-pyrrole nitrogens is 1. The van der Waals surface area contributed by atoms with Crippen molar-refractivity contribution < 1.29 is 19.5 Å². The van der Waals surface area contributed by atoms with Gasteiger partial charge in [-0.25, -0.2) is 4.79 Å². The molecule has 6 heteroatoms. The average molecular weight is 326 g/mol. The molecule has 124 valence electrons. The number of carboxylic acid groups (broad SMARTS) is 1. The zero-order valence-electron chi connectivity index (χ0n) is 13.3. The summed E-state index contributed by atoms with van der Waals surface area (Å²) in [4.78, 5) is 39.1. The Hall–Kier alpha value is -2.89. The van der Waals surface area contributed by atoms with Crippen LogP contribution in [0.15, 0.2) is 30.3 Å². The summed E-state index contributed by atoms with van der Waals surface area (Å²) in [6.45, 7) is 1.71. The van der Waals surface area contributed by atoms with Crippen LogP contribution in [-0.4, -0.2) is 27.8 Å². The van der Waals surface area contributed by atoms with Crippen LogP contribution in [0.5, 0.6) is 0 Å². The van der Waals surface area contributed by atoms with Crippen molar-refractivity contribution in [1.29, 1.82) is 0 Å². The predicted molar refractivity (Wildman–Crippen MR) is 87.1 cm³/mol. The monoisotopic (exact) mass is 326 g/mol. The molecule has 24 heavy (non-hydrogen) atoms. The molecular weight excluding hydrogens is 308 g/mol. The van der Waals surface area contributed by atoms with Gasteiger partial charge in [-0.2, -0.15) is 0 Å². The summed E-state index contributed by atoms with van der Waals surface area (Å²) in [7, 11) is 0. The van der Waals surface area contributed by atoms with Crippen molar-refractivity contribution in [1.82, 2.24) is 10.3 Å². The lowest BCUT2D eigenvalue weighted by Crippen LogP contribution is -2.34. The van der Waals surface area contributed by atoms with Crippen LogP contribution in [0.3, 0.4) is 0 Å². The lowest BCUT2D eigenvalue weighted by Gasteiger charge is -2.14. The molecule has 1 atom stereocenters. The maximum atomic E-state index is 12.6. The predicted octanol–water partition coefficient (Wildman–Crippen LogP) is 2.40. The van der Waals surface area contributed by atoms with Crippen LogP contribution in [0.25, 0.3) is 0 Å². The molecule has 1 aromatic heterocycles. The fraction of sp³-hybridized carbons (Fsp3) is 0.278. The molecule has 0 bridgehead atoms. The van der Waals surface area contributed by atoms with E-state index >= 15 is 0 Å². The van der Waals surface area contributed by atoms with E-state index in [1.807, 2.05) is 0 Å². The molecule has 1 amide bonds. The number of aryl methyl sites for hydroxylation is 1. The van der Waals surface area contributed by atoms with Gasteiger partial charge in [-0.3, -0.25) is 9.59 Å². The van der Waals surface area contributed by atoms with Crippen LogP contribution in [0.2, 0.25) is 0 Å². The molecule has 0 radical (unpaired) electrons. The molecule has 0 unspecified atom stereocenters. The van der Waals surface area contributed by atoms with E-state index < -0.39 is 17.9 Å². The number of aromatic amines is 1. The minimum absolute atomic E-state index is 0.0295. The number of carboxylic acids is 1. The number of aliphatic carboxylic acids is 1. The Kier molecular flexibility index (Phi) is 4.20. The van der Waals surface area contributed by atoms with Gasteiger partial charge in [0.1, 0.15) is 5.69 Å². The lowest BCUT2D eigenvalue weighted by molar-refractivity contribution is -0.139. The molecule has 0 saturated carbocycles. The van der Waals surface area contributed by atoms with E-state index in [2.05, 4.69) is 10.3 Å². The summed E-state index contributed by atoms with van der Waals surface area (Å²) in [5, 5.41) is 11.9. The Bertz CT molecular complexity index is 808. The van der Waals surface area contributed by atoms with Gasteiger partial charge < -0.3 is 15.4 Å². The lowest BCUT2D eigenvalue weighted by atomic mass is 9.94. The Morgan fingerprint density at radius 2 is 1.92 bits per heavy atom. The largest absolute Gasteiger partial charge is 0.479 e. The maximum absolute atomic E-state index is 12.6. The Morgan fingerprint density at radius 3 is 2.54 bits per heavy atom. The molecule has 0 fully saturated rings. The number of benzene rings is 1. The summed E-state index contributed by atoms with van der Waals surface area (Å²) in [5.74, 6) is -1.63. The van der Waals surface area contributed by atoms with E-state index in [1.165, 1.54) is 0 Å². The van der Waals surface area contributed by atoms with Gasteiger partial charge in [0.05, 0.1) is 0 Å². The van der Waals surface area contributed by atoms with Crippen molar-refractivity contribution in [3.05, 3.63) is 58.4 Å². The summed E-state index contributed by atoms with van der Waals surface area (Å²) in [6.07, 6.45) is 1.96. The second kappa shape index (κ2) is 6.31. The summed E-state index contributed by atoms with van der Waals surface area (Å²) in [6, 6.07) is 7.36. The third-order valence-electron chi connectivity index (χ3n) is 4.32. The first-order chi connectivity index (χ1) is 11.5. The molecule has 0 spiro atoms. The fourth-order valence-corrected chi connectivity index (χ4v) is 3.14. The third kappa shape index (κ3) is 2.82. The highest BCUT2D eigenvalue weighted by molar-refractivity contribution is 6.04. The summed E-state index contributed by atoms with van der Waals surface area (Å²) >= 11 is 0. The quantitative estimate of drug-likeness (QED) is 0.803. The van der Waals surface area contributed by atoms with Crippen molar-refractivity contribution >= 4 is 17.7 Å². The summed E-state index contributed by atoms with van der Waals surface area (Å²) < 4.78 is 0. The highest BCUT2D eigenvalue weighted by Gasteiger charge is 2.29. The van der Waals surface area contributed by atoms with Crippen LogP contribution < -0.4 is 5.32 Å². The smallest absolute Gasteiger partial charge is 0.330 e. The zero-order chi connectivity index (χ0) is 17.3. The van der Waals surface area contributed by atoms with E-state index in [0.717, 1.165) is 18.5 Å². The Balaban J connectivity index is 1.89. The Labute approximate surface area is 138 Å². The van der Waals surface area contributed by atoms with Gasteiger partial charge in [-0.05, 0) is 30.9 Å². The van der Waals surface area contributed by atoms with Crippen LogP contribution in [0.4, 0.5) is 0 Å². The second-order valence-corrected chi connectivity index (χ2v) is 5.91. The molecule has 0 aliphatic heterocycles. The van der Waals surface area contributed by atoms with Gasteiger partial charge in [0.2, 0.25) is 0 Å². The van der Waals surface area contributed by atoms with Crippen molar-refractivity contribution in [3.63, 3.8) is 0 Å². The normalized spacial score (nSPS) is 14.8. The molecule has 1 aliphatic rings. The number of hydrogen-bond donors (Lipinski definition) is 3. The highest BCUT2D eigenvalue weighted by atomic mass is 16.4. The molecule has 1 aromatic carbocycles. The first-order valence-electron chi connectivity index (χ1n) is 7.82. The standard InChI is InChI=1S/C18H18N2O4/c1-10-14-12(8-5-9-13(14)21)19-15(10)17(22)20-16(18(23)24)11-6-3-2-4-7-11/h2-4,6-7,16,19H,5,8-9H2,1H3,(H,20,22)(H,23,24)/t16-/m0/s1. The van der Waals surface area contributed by atoms with Crippen LogP contribution in [0, 0.1) is 6.92 Å². The van der Waals surface area contributed by atoms with E-state index in [4.69, 9.17) is 0 Å². The van der Waals surface area contributed by atoms with E-state index in [1.54, 1.807) is 37.3 Å². The van der Waals surface area contributed by atoms with Crippen molar-refractivity contribution in [3.8, 4) is 0 Å². The number of hydrogen-bond acceptors (Lipinski definition) is 3. The molecular formula is C18H18N2O4. The van der Waals surface area contributed by atoms with E-state index in [0.29, 0.717) is 23.1 Å². The second-order valence-electron chi connectivity index (χ2n) is 5.91. The molecule has 1 aliphatic carbocycles. The van der Waals surface area contributed by atoms with E-state index in [-0.39, 0.29) is 11.5 Å². The number of rotatable bonds is 4. The van der Waals surface area contributed by atoms with Crippen LogP contribution in [-0.2, 0) is 11.2 Å². The average Bonchev–Trinajstić information content (AvgIpc) is 2.91. The maximum Gasteiger partial charge on any atom is 0.330 e. The van der Waals surface area contributed by atoms with Gasteiger partial charge >= 0.3 is 5.97 Å². The van der Waals surface area contributed by atoms with Crippen molar-refractivity contribution in [2.45, 2.75) is 32.2 Å². The molecule has 3 N–H and O–H groups in total. The summed E-state index contributed by atoms with van der Waals surface area (Å²) in [5.41, 5.74) is 2.68. The van der Waals surface area contributed by atoms with Gasteiger partial charge in [0, 0.05) is 17.7 Å². The molecule has 3 rings (SSSR count). The van der Waals surface area contributed by atoms with Gasteiger partial charge in [-0.1, -0.05) is 30.3 Å². The zero-order valence-corrected chi connectivity index (χ0v) is 13.3. The number of fused-ring (bicyclic) bond motifs is 1. The first kappa shape index (κ1) is 16.0. The topological polar surface area (TPSA) is 99.3 Å². The first-order valence-corrected chi connectivity index (χ1v) is 7.82. The number of carbonyl (C=O) groups is 3. The third-order valence-corrected chi connectivity index (χ3v) is 4.32. The SMILES string of the molecule is Cc1c(C(=O)N[C@H](C(=O)O)c2ccccc2)[nH]c2c1C(=O)CCC2. The number of nitrogens with one attached hydrogen (secondary N) is 2. The minimum Gasteiger partial charge on any atom is -0.479 e. The number of ketones is 1. The highest BCUT2D eigenvalue weighted by Crippen LogP contribution is 2.27. The molecule has 6 nitrogen and oxygen atoms in total. The van der Waals surface area contributed by atoms with Crippen LogP contribution in [0.1, 0.15) is 56.6 Å². The van der Waals surface area contributed by atoms with Crippen LogP contribution >= 0.6 is 0 Å². The number of aromatic nitrogens is 1. The van der Waals surface area contributed by atoms with Gasteiger partial charge in [0.15, 0.2) is 11.8 Å². The fourth-order valence-electron chi connectivity index (χ4n) is 3.14. The molecule has 0 saturated heterocycles. The number of Topliss-reactive ketones (excluding diaryl/α,β-unsaturated/α-hetero) is 1. The number of carbonyl (C=O) groups excluding carboxylic acids is 2. The van der Waals surface area contributed by atoms with Gasteiger partial charge in [-0.15, -0.1) is 0 Å². The van der Waals surface area contributed by atoms with E-state index in [9.17, 15) is 19.5 Å². The Morgan fingerprint density at radius 1 is 1.21 bits per heavy atom.